The zero-order valence-electron chi connectivity index (χ0n) is 15.2. The van der Waals surface area contributed by atoms with Gasteiger partial charge in [-0.3, -0.25) is 9.59 Å². The minimum Gasteiger partial charge on any atom is -0.456 e. The molecule has 2 aromatic rings. The van der Waals surface area contributed by atoms with Gasteiger partial charge in [0.1, 0.15) is 23.5 Å². The molecule has 0 saturated carbocycles. The number of nitrogens with one attached hydrogen (secondary N) is 2. The molecule has 30 heavy (non-hydrogen) atoms. The van der Waals surface area contributed by atoms with E-state index in [-0.39, 0.29) is 12.8 Å². The molecule has 10 heteroatoms. The lowest BCUT2D eigenvalue weighted by molar-refractivity contribution is -0.171. The summed E-state index contributed by atoms with van der Waals surface area (Å²) in [7, 11) is 0. The van der Waals surface area contributed by atoms with E-state index in [0.717, 1.165) is 0 Å². The van der Waals surface area contributed by atoms with E-state index < -0.39 is 36.0 Å². The van der Waals surface area contributed by atoms with Crippen LogP contribution in [-0.2, 0) is 9.59 Å². The first kappa shape index (κ1) is 20.8. The van der Waals surface area contributed by atoms with Gasteiger partial charge in [0.05, 0.1) is 6.04 Å². The number of hydrogen-bond acceptors (Lipinski definition) is 3. The summed E-state index contributed by atoms with van der Waals surface area (Å²) in [6.07, 6.45) is -5.11. The monoisotopic (exact) mass is 458 g/mol. The lowest BCUT2D eigenvalue weighted by atomic mass is 9.90. The van der Waals surface area contributed by atoms with Crippen molar-refractivity contribution in [3.8, 4) is 11.5 Å². The second-order valence-electron chi connectivity index (χ2n) is 7.14. The van der Waals surface area contributed by atoms with Gasteiger partial charge >= 0.3 is 6.18 Å². The predicted molar refractivity (Wildman–Crippen MR) is 104 cm³/mol. The van der Waals surface area contributed by atoms with Crippen molar-refractivity contribution >= 4 is 35.0 Å². The van der Waals surface area contributed by atoms with Gasteiger partial charge in [-0.05, 0) is 37.1 Å². The quantitative estimate of drug-likeness (QED) is 0.637. The van der Waals surface area contributed by atoms with Crippen molar-refractivity contribution < 1.29 is 27.5 Å². The highest BCUT2D eigenvalue weighted by molar-refractivity contribution is 6.31. The second kappa shape index (κ2) is 7.67. The zero-order chi connectivity index (χ0) is 21.6. The third-order valence-electron chi connectivity index (χ3n) is 5.17. The Bertz CT molecular complexity index is 977. The molecule has 1 fully saturated rings. The van der Waals surface area contributed by atoms with Gasteiger partial charge in [0.25, 0.3) is 0 Å². The van der Waals surface area contributed by atoms with Crippen molar-refractivity contribution in [2.75, 3.05) is 0 Å². The van der Waals surface area contributed by atoms with Gasteiger partial charge in [-0.25, -0.2) is 0 Å². The summed E-state index contributed by atoms with van der Waals surface area (Å²) in [6.45, 7) is 0. The van der Waals surface area contributed by atoms with Crippen LogP contribution < -0.4 is 15.4 Å². The van der Waals surface area contributed by atoms with Crippen molar-refractivity contribution in [3.63, 3.8) is 0 Å². The third-order valence-corrected chi connectivity index (χ3v) is 5.64. The van der Waals surface area contributed by atoms with Crippen LogP contribution >= 0.6 is 23.2 Å². The van der Waals surface area contributed by atoms with Gasteiger partial charge in [-0.15, -0.1) is 0 Å². The van der Waals surface area contributed by atoms with Crippen molar-refractivity contribution in [3.05, 3.63) is 57.6 Å². The number of halogens is 5. The topological polar surface area (TPSA) is 67.4 Å². The Morgan fingerprint density at radius 3 is 2.10 bits per heavy atom. The molecule has 2 amide bonds. The minimum atomic E-state index is -4.55. The Balaban J connectivity index is 1.60. The fourth-order valence-electron chi connectivity index (χ4n) is 3.66. The summed E-state index contributed by atoms with van der Waals surface area (Å²) in [4.78, 5) is 25.0. The number of fused-ring (bicyclic) bond motifs is 2. The van der Waals surface area contributed by atoms with Crippen LogP contribution in [0.15, 0.2) is 36.4 Å². The molecule has 158 valence electrons. The van der Waals surface area contributed by atoms with Crippen LogP contribution in [0.25, 0.3) is 0 Å². The Kier molecular flexibility index (Phi) is 5.32. The van der Waals surface area contributed by atoms with E-state index in [2.05, 4.69) is 5.32 Å². The summed E-state index contributed by atoms with van der Waals surface area (Å²) in [5.74, 6) is -2.01. The van der Waals surface area contributed by atoms with E-state index in [1.807, 2.05) is 5.32 Å². The third kappa shape index (κ3) is 3.94. The molecule has 2 heterocycles. The van der Waals surface area contributed by atoms with Gasteiger partial charge in [-0.1, -0.05) is 35.3 Å². The summed E-state index contributed by atoms with van der Waals surface area (Å²) in [5, 5.41) is 5.52. The van der Waals surface area contributed by atoms with Gasteiger partial charge in [0.2, 0.25) is 11.8 Å². The zero-order valence-corrected chi connectivity index (χ0v) is 16.7. The number of hydrogen-bond donors (Lipinski definition) is 2. The molecule has 0 spiro atoms. The summed E-state index contributed by atoms with van der Waals surface area (Å²) in [5.41, 5.74) is 1.21. The van der Waals surface area contributed by atoms with Gasteiger partial charge in [-0.2, -0.15) is 13.2 Å². The van der Waals surface area contributed by atoms with Crippen LogP contribution in [0.4, 0.5) is 13.2 Å². The summed E-state index contributed by atoms with van der Waals surface area (Å²) in [6, 6.07) is 7.17. The number of alkyl halides is 3. The fraction of sp³-hybridized carbons (Fsp3) is 0.300. The molecule has 0 aliphatic carbocycles. The van der Waals surface area contributed by atoms with Gasteiger partial charge < -0.3 is 15.4 Å². The van der Waals surface area contributed by atoms with E-state index in [1.165, 1.54) is 0 Å². The van der Waals surface area contributed by atoms with E-state index >= 15 is 0 Å². The summed E-state index contributed by atoms with van der Waals surface area (Å²) >= 11 is 12.1. The SMILES string of the molecule is O=C(NC1c2ccc(Cl)cc2Oc2cc(Cl)ccc21)C1CCC(C(F)(F)F)NC1=O. The molecule has 1 saturated heterocycles. The van der Waals surface area contributed by atoms with Crippen molar-refractivity contribution in [2.45, 2.75) is 31.1 Å². The second-order valence-corrected chi connectivity index (χ2v) is 8.01. The van der Waals surface area contributed by atoms with E-state index in [9.17, 15) is 22.8 Å². The van der Waals surface area contributed by atoms with Crippen molar-refractivity contribution in [2.24, 2.45) is 5.92 Å². The molecule has 2 aliphatic heterocycles. The largest absolute Gasteiger partial charge is 0.456 e. The van der Waals surface area contributed by atoms with E-state index in [4.69, 9.17) is 27.9 Å². The summed E-state index contributed by atoms with van der Waals surface area (Å²) < 4.78 is 44.4. The highest BCUT2D eigenvalue weighted by atomic mass is 35.5. The molecular weight excluding hydrogens is 444 g/mol. The Hall–Kier alpha value is -2.45. The number of carbonyl (C=O) groups is 2. The Labute approximate surface area is 179 Å². The molecule has 2 unspecified atom stereocenters. The number of rotatable bonds is 2. The number of ether oxygens (including phenoxy) is 1. The maximum absolute atomic E-state index is 12.9. The van der Waals surface area contributed by atoms with Crippen LogP contribution in [0.5, 0.6) is 11.5 Å². The van der Waals surface area contributed by atoms with Gasteiger partial charge in [0.15, 0.2) is 0 Å². The molecule has 5 nitrogen and oxygen atoms in total. The standard InChI is InChI=1S/C20H15Cl2F3N2O3/c21-9-1-3-11-14(7-9)30-15-8-10(22)2-4-12(15)17(11)27-19(29)13-5-6-16(20(23,24)25)26-18(13)28/h1-4,7-8,13,16-17H,5-6H2,(H,26,28)(H,27,29). The lowest BCUT2D eigenvalue weighted by Crippen LogP contribution is -2.54. The van der Waals surface area contributed by atoms with Gasteiger partial charge in [0, 0.05) is 21.2 Å². The smallest absolute Gasteiger partial charge is 0.408 e. The lowest BCUT2D eigenvalue weighted by Gasteiger charge is -2.33. The molecule has 0 radical (unpaired) electrons. The number of piperidine rings is 1. The van der Waals surface area contributed by atoms with Crippen LogP contribution in [0.1, 0.15) is 30.0 Å². The first-order chi connectivity index (χ1) is 14.1. The molecule has 2 aliphatic rings. The average molecular weight is 459 g/mol. The number of benzene rings is 2. The molecular formula is C20H15Cl2F3N2O3. The van der Waals surface area contributed by atoms with E-state index in [0.29, 0.717) is 32.7 Å². The molecule has 0 aromatic heterocycles. The first-order valence-electron chi connectivity index (χ1n) is 9.07. The van der Waals surface area contributed by atoms with Crippen LogP contribution in [0, 0.1) is 5.92 Å². The first-order valence-corrected chi connectivity index (χ1v) is 9.83. The maximum Gasteiger partial charge on any atom is 0.408 e. The van der Waals surface area contributed by atoms with E-state index in [1.54, 1.807) is 36.4 Å². The van der Waals surface area contributed by atoms with Crippen LogP contribution in [0.2, 0.25) is 10.0 Å². The number of amides is 2. The highest BCUT2D eigenvalue weighted by Gasteiger charge is 2.46. The molecule has 4 rings (SSSR count). The molecule has 2 N–H and O–H groups in total. The highest BCUT2D eigenvalue weighted by Crippen LogP contribution is 2.45. The van der Waals surface area contributed by atoms with Crippen molar-refractivity contribution in [1.82, 2.24) is 10.6 Å². The average Bonchev–Trinajstić information content (AvgIpc) is 2.66. The Morgan fingerprint density at radius 1 is 1.03 bits per heavy atom. The fourth-order valence-corrected chi connectivity index (χ4v) is 3.98. The predicted octanol–water partition coefficient (Wildman–Crippen LogP) is 4.76. The maximum atomic E-state index is 12.9. The molecule has 2 aromatic carbocycles. The van der Waals surface area contributed by atoms with Crippen LogP contribution in [0.3, 0.4) is 0 Å². The van der Waals surface area contributed by atoms with Crippen molar-refractivity contribution in [1.29, 1.82) is 0 Å². The Morgan fingerprint density at radius 2 is 1.60 bits per heavy atom. The molecule has 2 atom stereocenters. The number of carbonyl (C=O) groups excluding carboxylic acids is 2. The van der Waals surface area contributed by atoms with Crippen LogP contribution in [-0.4, -0.2) is 24.0 Å². The minimum absolute atomic E-state index is 0.202. The molecule has 0 bridgehead atoms. The normalized spacial score (nSPS) is 21.2.